The Morgan fingerprint density at radius 3 is 2.45 bits per heavy atom. The van der Waals surface area contributed by atoms with Gasteiger partial charge in [-0.2, -0.15) is 0 Å². The molecule has 1 fully saturated rings. The molecular formula is C28H38N6O4. The lowest BCUT2D eigenvalue weighted by Gasteiger charge is -2.29. The van der Waals surface area contributed by atoms with Gasteiger partial charge in [-0.25, -0.2) is 0 Å². The van der Waals surface area contributed by atoms with Crippen LogP contribution in [0.1, 0.15) is 44.6 Å². The molecule has 0 aliphatic carbocycles. The summed E-state index contributed by atoms with van der Waals surface area (Å²) in [5, 5.41) is 10.5. The lowest BCUT2D eigenvalue weighted by molar-refractivity contribution is -0.141. The number of amides is 4. The summed E-state index contributed by atoms with van der Waals surface area (Å²) in [7, 11) is 0. The zero-order valence-electron chi connectivity index (χ0n) is 21.9. The molecule has 0 radical (unpaired) electrons. The summed E-state index contributed by atoms with van der Waals surface area (Å²) < 4.78 is 0. The van der Waals surface area contributed by atoms with Crippen molar-refractivity contribution in [2.75, 3.05) is 13.1 Å². The number of nitrogens with two attached hydrogens (primary N) is 2. The van der Waals surface area contributed by atoms with E-state index in [-0.39, 0.29) is 11.8 Å². The van der Waals surface area contributed by atoms with Gasteiger partial charge in [0.25, 0.3) is 0 Å². The number of carbonyl (C=O) groups excluding carboxylic acids is 4. The maximum Gasteiger partial charge on any atom is 0.246 e. The molecule has 1 saturated heterocycles. The predicted molar refractivity (Wildman–Crippen MR) is 146 cm³/mol. The van der Waals surface area contributed by atoms with Crippen molar-refractivity contribution in [1.82, 2.24) is 20.9 Å². The fraction of sp³-hybridized carbons (Fsp3) is 0.429. The Labute approximate surface area is 223 Å². The van der Waals surface area contributed by atoms with Gasteiger partial charge in [0, 0.05) is 26.4 Å². The molecule has 0 bridgehead atoms. The fourth-order valence-corrected chi connectivity index (χ4v) is 4.83. The van der Waals surface area contributed by atoms with Gasteiger partial charge in [0.05, 0.1) is 5.82 Å². The first-order valence-electron chi connectivity index (χ1n) is 13.0. The van der Waals surface area contributed by atoms with Crippen LogP contribution in [0.2, 0.25) is 0 Å². The summed E-state index contributed by atoms with van der Waals surface area (Å²) >= 11 is 0. The lowest BCUT2D eigenvalue weighted by atomic mass is 10.0. The van der Waals surface area contributed by atoms with E-state index in [4.69, 9.17) is 11.5 Å². The zero-order valence-corrected chi connectivity index (χ0v) is 21.9. The van der Waals surface area contributed by atoms with Crippen LogP contribution in [0.15, 0.2) is 54.9 Å². The standard InChI is InChI=1S/C28H38N6O4/c1-18(29)31-14-6-5-10-23(26(30)36)33-27(37)25-11-7-15-34(25)28(38)24(32-19(2)35)17-20-12-13-21-8-3-4-9-22(21)16-20/h3-4,8-9,12-13,16,23-25,31H,1,5-7,10-11,14-15,17,29H2,2H3,(H2,30,36)(H,32,35)(H,33,37)/t23-,24?,25-/m0/s1. The SMILES string of the molecule is C=C(N)NCCCC[C@H](NC(=O)[C@@H]1CCCN1C(=O)C(Cc1ccc2ccccc2c1)NC(C)=O)C(N)=O. The summed E-state index contributed by atoms with van der Waals surface area (Å²) in [6, 6.07) is 11.4. The number of hydrogen-bond acceptors (Lipinski definition) is 6. The molecule has 2 aromatic carbocycles. The minimum atomic E-state index is -0.843. The molecule has 204 valence electrons. The second-order valence-electron chi connectivity index (χ2n) is 9.74. The smallest absolute Gasteiger partial charge is 0.246 e. The molecule has 10 nitrogen and oxygen atoms in total. The Morgan fingerprint density at radius 2 is 1.76 bits per heavy atom. The summed E-state index contributed by atoms with van der Waals surface area (Å²) in [6.07, 6.45) is 3.13. The van der Waals surface area contributed by atoms with Gasteiger partial charge in [-0.1, -0.05) is 49.0 Å². The molecule has 1 aliphatic heterocycles. The van der Waals surface area contributed by atoms with Crippen LogP contribution in [0.25, 0.3) is 10.8 Å². The number of primary amides is 1. The first kappa shape index (κ1) is 28.5. The van der Waals surface area contributed by atoms with Crippen molar-refractivity contribution in [3.05, 3.63) is 60.4 Å². The van der Waals surface area contributed by atoms with Crippen molar-refractivity contribution in [3.8, 4) is 0 Å². The van der Waals surface area contributed by atoms with E-state index in [9.17, 15) is 19.2 Å². The van der Waals surface area contributed by atoms with E-state index >= 15 is 0 Å². The molecule has 3 atom stereocenters. The molecule has 4 amide bonds. The van der Waals surface area contributed by atoms with E-state index in [0.717, 1.165) is 22.8 Å². The average molecular weight is 523 g/mol. The number of rotatable bonds is 13. The van der Waals surface area contributed by atoms with Crippen LogP contribution >= 0.6 is 0 Å². The average Bonchev–Trinajstić information content (AvgIpc) is 3.36. The molecule has 10 heteroatoms. The Bertz CT molecular complexity index is 1180. The Morgan fingerprint density at radius 1 is 1.03 bits per heavy atom. The second kappa shape index (κ2) is 13.5. The quantitative estimate of drug-likeness (QED) is 0.247. The number of hydrogen-bond donors (Lipinski definition) is 5. The number of nitrogens with zero attached hydrogens (tertiary/aromatic N) is 1. The van der Waals surface area contributed by atoms with Crippen molar-refractivity contribution < 1.29 is 19.2 Å². The van der Waals surface area contributed by atoms with Gasteiger partial charge < -0.3 is 32.3 Å². The van der Waals surface area contributed by atoms with Crippen molar-refractivity contribution >= 4 is 34.4 Å². The first-order valence-corrected chi connectivity index (χ1v) is 13.0. The largest absolute Gasteiger partial charge is 0.386 e. The van der Waals surface area contributed by atoms with E-state index in [2.05, 4.69) is 22.5 Å². The highest BCUT2D eigenvalue weighted by Crippen LogP contribution is 2.22. The van der Waals surface area contributed by atoms with Crippen molar-refractivity contribution in [1.29, 1.82) is 0 Å². The van der Waals surface area contributed by atoms with E-state index in [1.54, 1.807) is 0 Å². The number of likely N-dealkylation sites (tertiary alicyclic amines) is 1. The van der Waals surface area contributed by atoms with Crippen molar-refractivity contribution in [2.24, 2.45) is 11.5 Å². The monoisotopic (exact) mass is 522 g/mol. The highest BCUT2D eigenvalue weighted by molar-refractivity contribution is 5.94. The summed E-state index contributed by atoms with van der Waals surface area (Å²) in [5.74, 6) is -1.33. The normalized spacial score (nSPS) is 16.4. The molecular weight excluding hydrogens is 484 g/mol. The van der Waals surface area contributed by atoms with Crippen LogP contribution < -0.4 is 27.4 Å². The lowest BCUT2D eigenvalue weighted by Crippen LogP contribution is -2.56. The number of unbranched alkanes of at least 4 members (excludes halogenated alkanes) is 1. The molecule has 1 aliphatic rings. The van der Waals surface area contributed by atoms with E-state index < -0.39 is 29.9 Å². The molecule has 38 heavy (non-hydrogen) atoms. The van der Waals surface area contributed by atoms with E-state index in [1.807, 2.05) is 42.5 Å². The molecule has 0 saturated carbocycles. The molecule has 0 spiro atoms. The second-order valence-corrected chi connectivity index (χ2v) is 9.74. The Balaban J connectivity index is 1.67. The van der Waals surface area contributed by atoms with Gasteiger partial charge in [0.2, 0.25) is 23.6 Å². The van der Waals surface area contributed by atoms with Crippen LogP contribution in [-0.2, 0) is 25.6 Å². The van der Waals surface area contributed by atoms with Crippen molar-refractivity contribution in [3.63, 3.8) is 0 Å². The number of fused-ring (bicyclic) bond motifs is 1. The maximum atomic E-state index is 13.6. The van der Waals surface area contributed by atoms with Gasteiger partial charge in [0.1, 0.15) is 18.1 Å². The van der Waals surface area contributed by atoms with Crippen molar-refractivity contribution in [2.45, 2.75) is 63.6 Å². The minimum absolute atomic E-state index is 0.293. The highest BCUT2D eigenvalue weighted by Gasteiger charge is 2.38. The topological polar surface area (TPSA) is 160 Å². The van der Waals surface area contributed by atoms with Crippen LogP contribution in [0.3, 0.4) is 0 Å². The van der Waals surface area contributed by atoms with E-state index in [0.29, 0.717) is 51.0 Å². The molecule has 0 aromatic heterocycles. The van der Waals surface area contributed by atoms with Gasteiger partial charge >= 0.3 is 0 Å². The first-order chi connectivity index (χ1) is 18.2. The summed E-state index contributed by atoms with van der Waals surface area (Å²) in [6.45, 7) is 5.92. The highest BCUT2D eigenvalue weighted by atomic mass is 16.2. The third-order valence-electron chi connectivity index (χ3n) is 6.70. The number of benzene rings is 2. The predicted octanol–water partition coefficient (Wildman–Crippen LogP) is 1.04. The van der Waals surface area contributed by atoms with Gasteiger partial charge in [0.15, 0.2) is 0 Å². The number of nitrogens with one attached hydrogen (secondary N) is 3. The Kier molecular flexibility index (Phi) is 10.1. The Hall–Kier alpha value is -4.08. The van der Waals surface area contributed by atoms with Crippen LogP contribution in [-0.4, -0.2) is 59.7 Å². The fourth-order valence-electron chi connectivity index (χ4n) is 4.83. The van der Waals surface area contributed by atoms with Crippen LogP contribution in [0, 0.1) is 0 Å². The maximum absolute atomic E-state index is 13.6. The van der Waals surface area contributed by atoms with Crippen LogP contribution in [0.5, 0.6) is 0 Å². The molecule has 7 N–H and O–H groups in total. The third-order valence-corrected chi connectivity index (χ3v) is 6.70. The zero-order chi connectivity index (χ0) is 27.7. The van der Waals surface area contributed by atoms with E-state index in [1.165, 1.54) is 11.8 Å². The van der Waals surface area contributed by atoms with Gasteiger partial charge in [-0.15, -0.1) is 0 Å². The van der Waals surface area contributed by atoms with Crippen LogP contribution in [0.4, 0.5) is 0 Å². The molecule has 1 unspecified atom stereocenters. The third kappa shape index (κ3) is 7.96. The summed E-state index contributed by atoms with van der Waals surface area (Å²) in [4.78, 5) is 52.2. The molecule has 2 aromatic rings. The van der Waals surface area contributed by atoms with Gasteiger partial charge in [-0.05, 0) is 48.4 Å². The number of carbonyl (C=O) groups is 4. The molecule has 3 rings (SSSR count). The van der Waals surface area contributed by atoms with Gasteiger partial charge in [-0.3, -0.25) is 19.2 Å². The molecule has 1 heterocycles. The minimum Gasteiger partial charge on any atom is -0.386 e. The summed E-state index contributed by atoms with van der Waals surface area (Å²) in [5.41, 5.74) is 11.9.